The van der Waals surface area contributed by atoms with E-state index in [2.05, 4.69) is 64.3 Å². The minimum Gasteiger partial charge on any atom is -0.496 e. The van der Waals surface area contributed by atoms with Gasteiger partial charge in [-0.15, -0.1) is 20.4 Å². The molecule has 4 aromatic rings. The molecule has 15 heteroatoms. The van der Waals surface area contributed by atoms with Crippen LogP contribution in [0.15, 0.2) is 67.6 Å². The number of carbonyl (C=O) groups is 1. The van der Waals surface area contributed by atoms with Crippen LogP contribution in [0.3, 0.4) is 0 Å². The van der Waals surface area contributed by atoms with E-state index in [0.717, 1.165) is 31.9 Å². The summed E-state index contributed by atoms with van der Waals surface area (Å²) in [4.78, 5) is 12.4. The largest absolute Gasteiger partial charge is 0.496 e. The summed E-state index contributed by atoms with van der Waals surface area (Å²) >= 11 is 7.44. The molecule has 0 aliphatic rings. The Bertz CT molecular complexity index is 1350. The Balaban J connectivity index is 1.25. The number of nitrogens with one attached hydrogen (secondary N) is 2. The number of ether oxygens (including phenoxy) is 1. The van der Waals surface area contributed by atoms with Crippen molar-refractivity contribution < 1.29 is 9.53 Å². The third-order valence-corrected chi connectivity index (χ3v) is 7.89. The van der Waals surface area contributed by atoms with Gasteiger partial charge >= 0.3 is 0 Å². The van der Waals surface area contributed by atoms with Gasteiger partial charge in [0.2, 0.25) is 16.2 Å². The Kier molecular flexibility index (Phi) is 9.16. The maximum atomic E-state index is 12.4. The summed E-state index contributed by atoms with van der Waals surface area (Å²) in [7, 11) is 1.58. The first kappa shape index (κ1) is 25.9. The molecule has 0 aliphatic heterocycles. The molecule has 2 aromatic heterocycles. The lowest BCUT2D eigenvalue weighted by molar-refractivity contribution is -0.113. The van der Waals surface area contributed by atoms with Crippen LogP contribution in [-0.2, 0) is 10.5 Å². The van der Waals surface area contributed by atoms with Crippen LogP contribution in [0.25, 0.3) is 0 Å². The predicted octanol–water partition coefficient (Wildman–Crippen LogP) is 4.08. The van der Waals surface area contributed by atoms with E-state index in [0.29, 0.717) is 16.0 Å². The second-order valence-corrected chi connectivity index (χ2v) is 11.0. The van der Waals surface area contributed by atoms with Crippen molar-refractivity contribution in [2.75, 3.05) is 29.4 Å². The topological polar surface area (TPSA) is 145 Å². The molecule has 186 valence electrons. The third-order valence-electron chi connectivity index (χ3n) is 4.41. The number of hydrazone groups is 1. The molecule has 0 unspecified atom stereocenters. The Labute approximate surface area is 227 Å². The van der Waals surface area contributed by atoms with Crippen molar-refractivity contribution in [1.82, 2.24) is 25.1 Å². The predicted molar refractivity (Wildman–Crippen MR) is 147 cm³/mol. The molecule has 1 amide bonds. The first-order valence-electron chi connectivity index (χ1n) is 10.3. The molecule has 0 aliphatic carbocycles. The number of aromatic nitrogens is 5. The molecular formula is C21H20BrN9O2S3. The zero-order valence-corrected chi connectivity index (χ0v) is 22.8. The quantitative estimate of drug-likeness (QED) is 0.0751. The van der Waals surface area contributed by atoms with Gasteiger partial charge in [0, 0.05) is 15.8 Å². The molecule has 0 fully saturated rings. The minimum atomic E-state index is -0.256. The van der Waals surface area contributed by atoms with Crippen LogP contribution in [0, 0.1) is 0 Å². The lowest BCUT2D eigenvalue weighted by Gasteiger charge is -2.05. The first-order chi connectivity index (χ1) is 17.5. The molecule has 4 N–H and O–H groups in total. The number of rotatable bonds is 11. The van der Waals surface area contributed by atoms with Crippen LogP contribution in [0.5, 0.6) is 5.75 Å². The van der Waals surface area contributed by atoms with E-state index in [1.165, 1.54) is 21.6 Å². The summed E-state index contributed by atoms with van der Waals surface area (Å²) in [5.74, 6) is 7.51. The fraction of sp³-hybridized carbons (Fsp3) is 0.143. The summed E-state index contributed by atoms with van der Waals surface area (Å²) < 4.78 is 8.20. The molecule has 0 bridgehead atoms. The monoisotopic (exact) mass is 605 g/mol. The SMILES string of the molecule is COc1ccc(Br)cc1/C=N/Nc1nnc(SCC(=O)Nc2nnc(SCc3ccccc3)s2)n1N. The highest BCUT2D eigenvalue weighted by Gasteiger charge is 2.14. The van der Waals surface area contributed by atoms with E-state index in [1.807, 2.05) is 36.4 Å². The van der Waals surface area contributed by atoms with E-state index in [9.17, 15) is 4.79 Å². The number of nitrogens with zero attached hydrogens (tertiary/aromatic N) is 6. The summed E-state index contributed by atoms with van der Waals surface area (Å²) in [6, 6.07) is 15.6. The number of halogens is 1. The second-order valence-electron chi connectivity index (χ2n) is 6.92. The van der Waals surface area contributed by atoms with Crippen LogP contribution >= 0.6 is 50.8 Å². The van der Waals surface area contributed by atoms with Gasteiger partial charge in [0.1, 0.15) is 5.75 Å². The maximum absolute atomic E-state index is 12.4. The molecule has 4 rings (SSSR count). The van der Waals surface area contributed by atoms with Crippen LogP contribution in [0.4, 0.5) is 11.1 Å². The second kappa shape index (κ2) is 12.7. The number of nitrogens with two attached hydrogens (primary N) is 1. The molecule has 0 spiro atoms. The number of methoxy groups -OCH3 is 1. The average molecular weight is 607 g/mol. The van der Waals surface area contributed by atoms with Gasteiger partial charge in [-0.3, -0.25) is 10.1 Å². The van der Waals surface area contributed by atoms with Gasteiger partial charge < -0.3 is 10.6 Å². The summed E-state index contributed by atoms with van der Waals surface area (Å²) in [5.41, 5.74) is 4.69. The lowest BCUT2D eigenvalue weighted by atomic mass is 10.2. The molecule has 0 radical (unpaired) electrons. The van der Waals surface area contributed by atoms with Crippen molar-refractivity contribution in [3.8, 4) is 5.75 Å². The van der Waals surface area contributed by atoms with Crippen molar-refractivity contribution in [3.63, 3.8) is 0 Å². The Morgan fingerprint density at radius 2 is 2.03 bits per heavy atom. The summed E-state index contributed by atoms with van der Waals surface area (Å²) in [6.45, 7) is 0. The number of amides is 1. The first-order valence-corrected chi connectivity index (χ1v) is 13.9. The molecule has 11 nitrogen and oxygen atoms in total. The highest BCUT2D eigenvalue weighted by molar-refractivity contribution is 9.10. The van der Waals surface area contributed by atoms with E-state index in [-0.39, 0.29) is 17.6 Å². The number of carbonyl (C=O) groups excluding carboxylic acids is 1. The van der Waals surface area contributed by atoms with Crippen molar-refractivity contribution in [2.24, 2.45) is 5.10 Å². The number of thioether (sulfide) groups is 2. The fourth-order valence-electron chi connectivity index (χ4n) is 2.74. The highest BCUT2D eigenvalue weighted by atomic mass is 79.9. The smallest absolute Gasteiger partial charge is 0.264 e. The van der Waals surface area contributed by atoms with Crippen molar-refractivity contribution >= 4 is 74.0 Å². The van der Waals surface area contributed by atoms with Gasteiger partial charge in [-0.05, 0) is 23.8 Å². The fourth-order valence-corrected chi connectivity index (χ4v) is 5.50. The molecule has 0 atom stereocenters. The van der Waals surface area contributed by atoms with Crippen molar-refractivity contribution in [3.05, 3.63) is 64.1 Å². The molecule has 36 heavy (non-hydrogen) atoms. The zero-order valence-electron chi connectivity index (χ0n) is 18.8. The van der Waals surface area contributed by atoms with Gasteiger partial charge in [0.05, 0.1) is 19.1 Å². The van der Waals surface area contributed by atoms with Crippen LogP contribution in [-0.4, -0.2) is 50.1 Å². The van der Waals surface area contributed by atoms with Crippen molar-refractivity contribution in [1.29, 1.82) is 0 Å². The third kappa shape index (κ3) is 7.19. The van der Waals surface area contributed by atoms with Crippen molar-refractivity contribution in [2.45, 2.75) is 15.2 Å². The Morgan fingerprint density at radius 3 is 2.83 bits per heavy atom. The number of benzene rings is 2. The summed E-state index contributed by atoms with van der Waals surface area (Å²) in [6.07, 6.45) is 1.58. The van der Waals surface area contributed by atoms with Gasteiger partial charge in [0.25, 0.3) is 5.95 Å². The highest BCUT2D eigenvalue weighted by Crippen LogP contribution is 2.28. The Hall–Kier alpha value is -3.14. The molecule has 2 aromatic carbocycles. The molecular weight excluding hydrogens is 586 g/mol. The van der Waals surface area contributed by atoms with Gasteiger partial charge in [-0.1, -0.05) is 81.1 Å². The van der Waals surface area contributed by atoms with E-state index in [1.54, 1.807) is 25.1 Å². The number of nitrogen functional groups attached to an aromatic ring is 1. The van der Waals surface area contributed by atoms with Gasteiger partial charge in [-0.2, -0.15) is 5.10 Å². The number of anilines is 2. The molecule has 2 heterocycles. The van der Waals surface area contributed by atoms with Crippen LogP contribution < -0.4 is 21.3 Å². The zero-order chi connectivity index (χ0) is 25.3. The van der Waals surface area contributed by atoms with E-state index in [4.69, 9.17) is 10.6 Å². The van der Waals surface area contributed by atoms with E-state index < -0.39 is 0 Å². The average Bonchev–Trinajstić information content (AvgIpc) is 3.48. The number of hydrogen-bond donors (Lipinski definition) is 3. The molecule has 0 saturated heterocycles. The van der Waals surface area contributed by atoms with E-state index >= 15 is 0 Å². The van der Waals surface area contributed by atoms with Crippen LogP contribution in [0.2, 0.25) is 0 Å². The van der Waals surface area contributed by atoms with Gasteiger partial charge in [0.15, 0.2) is 4.34 Å². The lowest BCUT2D eigenvalue weighted by Crippen LogP contribution is -2.16. The molecule has 0 saturated carbocycles. The summed E-state index contributed by atoms with van der Waals surface area (Å²) in [5, 5.41) is 23.8. The Morgan fingerprint density at radius 1 is 1.19 bits per heavy atom. The van der Waals surface area contributed by atoms with Crippen LogP contribution in [0.1, 0.15) is 11.1 Å². The minimum absolute atomic E-state index is 0.0694. The maximum Gasteiger partial charge on any atom is 0.264 e. The van der Waals surface area contributed by atoms with Gasteiger partial charge in [-0.25, -0.2) is 10.1 Å². The normalized spacial score (nSPS) is 11.1. The number of hydrogen-bond acceptors (Lipinski definition) is 12. The standard InChI is InChI=1S/C21H20BrN9O2S3/c1-33-16-8-7-15(22)9-14(16)10-24-26-18-27-29-20(31(18)23)34-12-17(32)25-19-28-30-21(36-19)35-11-13-5-3-2-4-6-13/h2-10H,11-12,23H2,1H3,(H,26,27)(H,25,28,32)/b24-10+.